The maximum absolute atomic E-state index is 12.5. The fraction of sp³-hybridized carbons (Fsp3) is 0.688. The third kappa shape index (κ3) is 3.07. The molecule has 3 heterocycles. The van der Waals surface area contributed by atoms with Crippen molar-refractivity contribution in [2.24, 2.45) is 11.8 Å². The van der Waals surface area contributed by atoms with Crippen LogP contribution in [0, 0.1) is 11.8 Å². The topological polar surface area (TPSA) is 23.6 Å². The average Bonchev–Trinajstić information content (AvgIpc) is 2.85. The number of hydrogen-bond acceptors (Lipinski definition) is 3. The first-order chi connectivity index (χ1) is 9.61. The van der Waals surface area contributed by atoms with E-state index in [2.05, 4.69) is 35.1 Å². The summed E-state index contributed by atoms with van der Waals surface area (Å²) in [5, 5.41) is 2.17. The lowest BCUT2D eigenvalue weighted by Crippen LogP contribution is -2.47. The van der Waals surface area contributed by atoms with Gasteiger partial charge in [0, 0.05) is 31.1 Å². The Bertz CT molecular complexity index is 475. The molecule has 0 aliphatic carbocycles. The fourth-order valence-electron chi connectivity index (χ4n) is 3.60. The molecule has 0 aromatic carbocycles. The first-order valence-electron chi connectivity index (χ1n) is 7.67. The molecule has 4 heteroatoms. The molecule has 3 rings (SSSR count). The van der Waals surface area contributed by atoms with Crippen molar-refractivity contribution in [1.29, 1.82) is 0 Å². The van der Waals surface area contributed by atoms with Crippen LogP contribution in [0.4, 0.5) is 0 Å². The van der Waals surface area contributed by atoms with Crippen molar-refractivity contribution >= 4 is 17.2 Å². The molecule has 1 fully saturated rings. The van der Waals surface area contributed by atoms with Crippen LogP contribution >= 0.6 is 11.3 Å². The van der Waals surface area contributed by atoms with Gasteiger partial charge in [0.05, 0.1) is 6.54 Å². The summed E-state index contributed by atoms with van der Waals surface area (Å²) in [5.74, 6) is 1.61. The summed E-state index contributed by atoms with van der Waals surface area (Å²) in [7, 11) is 0. The molecule has 1 aromatic rings. The zero-order valence-corrected chi connectivity index (χ0v) is 13.3. The van der Waals surface area contributed by atoms with E-state index < -0.39 is 0 Å². The van der Waals surface area contributed by atoms with Gasteiger partial charge in [0.2, 0.25) is 5.91 Å². The van der Waals surface area contributed by atoms with E-state index in [-0.39, 0.29) is 0 Å². The summed E-state index contributed by atoms with van der Waals surface area (Å²) in [6.45, 7) is 8.97. The summed E-state index contributed by atoms with van der Waals surface area (Å²) in [4.78, 5) is 18.4. The highest BCUT2D eigenvalue weighted by atomic mass is 32.1. The molecule has 110 valence electrons. The van der Waals surface area contributed by atoms with E-state index in [0.29, 0.717) is 24.3 Å². The number of fused-ring (bicyclic) bond motifs is 1. The molecule has 2 unspecified atom stereocenters. The van der Waals surface area contributed by atoms with E-state index in [4.69, 9.17) is 0 Å². The number of rotatable bonds is 2. The molecular formula is C16H24N2OS. The van der Waals surface area contributed by atoms with Crippen LogP contribution in [-0.2, 0) is 17.8 Å². The number of piperidine rings is 1. The highest BCUT2D eigenvalue weighted by Crippen LogP contribution is 2.25. The lowest BCUT2D eigenvalue weighted by molar-refractivity contribution is -0.135. The van der Waals surface area contributed by atoms with Gasteiger partial charge >= 0.3 is 0 Å². The average molecular weight is 292 g/mol. The van der Waals surface area contributed by atoms with Crippen LogP contribution in [0.1, 0.15) is 30.7 Å². The van der Waals surface area contributed by atoms with Gasteiger partial charge in [0.25, 0.3) is 0 Å². The molecule has 0 radical (unpaired) electrons. The van der Waals surface area contributed by atoms with Crippen LogP contribution in [0.25, 0.3) is 0 Å². The largest absolute Gasteiger partial charge is 0.341 e. The number of amides is 1. The maximum atomic E-state index is 12.5. The van der Waals surface area contributed by atoms with Crippen LogP contribution in [0.5, 0.6) is 0 Å². The van der Waals surface area contributed by atoms with Gasteiger partial charge in [-0.25, -0.2) is 0 Å². The standard InChI is InChI=1S/C16H24N2OS/c1-12-7-13(2)9-18(8-12)16(19)11-17-5-3-15-14(10-17)4-6-20-15/h4,6,12-13H,3,5,7-11H2,1-2H3. The molecule has 2 atom stereocenters. The Labute approximate surface area is 125 Å². The van der Waals surface area contributed by atoms with Gasteiger partial charge in [0.15, 0.2) is 0 Å². The first-order valence-corrected chi connectivity index (χ1v) is 8.55. The lowest BCUT2D eigenvalue weighted by atomic mass is 9.92. The second-order valence-corrected chi connectivity index (χ2v) is 7.58. The molecule has 2 aliphatic heterocycles. The molecule has 0 spiro atoms. The SMILES string of the molecule is CC1CC(C)CN(C(=O)CN2CCc3sccc3C2)C1. The predicted molar refractivity (Wildman–Crippen MR) is 82.8 cm³/mol. The lowest BCUT2D eigenvalue weighted by Gasteiger charge is -2.36. The monoisotopic (exact) mass is 292 g/mol. The molecule has 2 aliphatic rings. The Morgan fingerprint density at radius 1 is 1.35 bits per heavy atom. The van der Waals surface area contributed by atoms with Gasteiger partial charge in [-0.15, -0.1) is 11.3 Å². The highest BCUT2D eigenvalue weighted by Gasteiger charge is 2.27. The van der Waals surface area contributed by atoms with Crippen molar-refractivity contribution in [2.75, 3.05) is 26.2 Å². The second-order valence-electron chi connectivity index (χ2n) is 6.57. The Hall–Kier alpha value is -0.870. The number of nitrogens with zero attached hydrogens (tertiary/aromatic N) is 2. The number of likely N-dealkylation sites (tertiary alicyclic amines) is 1. The van der Waals surface area contributed by atoms with Gasteiger partial charge in [-0.3, -0.25) is 9.69 Å². The molecule has 1 aromatic heterocycles. The molecule has 3 nitrogen and oxygen atoms in total. The molecule has 1 amide bonds. The number of carbonyl (C=O) groups is 1. The third-order valence-corrected chi connectivity index (χ3v) is 5.49. The highest BCUT2D eigenvalue weighted by molar-refractivity contribution is 7.10. The van der Waals surface area contributed by atoms with Gasteiger partial charge in [0.1, 0.15) is 0 Å². The van der Waals surface area contributed by atoms with Crippen molar-refractivity contribution in [3.05, 3.63) is 21.9 Å². The van der Waals surface area contributed by atoms with E-state index in [1.807, 2.05) is 11.3 Å². The van der Waals surface area contributed by atoms with E-state index in [9.17, 15) is 4.79 Å². The van der Waals surface area contributed by atoms with Crippen LogP contribution in [0.15, 0.2) is 11.4 Å². The van der Waals surface area contributed by atoms with Crippen LogP contribution in [0.3, 0.4) is 0 Å². The quantitative estimate of drug-likeness (QED) is 0.836. The van der Waals surface area contributed by atoms with Gasteiger partial charge < -0.3 is 4.90 Å². The summed E-state index contributed by atoms with van der Waals surface area (Å²) in [6, 6.07) is 2.21. The number of carbonyl (C=O) groups excluding carboxylic acids is 1. The third-order valence-electron chi connectivity index (χ3n) is 4.47. The minimum atomic E-state index is 0.321. The van der Waals surface area contributed by atoms with Gasteiger partial charge in [-0.05, 0) is 41.7 Å². The molecule has 0 bridgehead atoms. The molecular weight excluding hydrogens is 268 g/mol. The van der Waals surface area contributed by atoms with Crippen molar-refractivity contribution in [3.63, 3.8) is 0 Å². The van der Waals surface area contributed by atoms with Crippen LogP contribution in [-0.4, -0.2) is 41.9 Å². The minimum absolute atomic E-state index is 0.321. The normalized spacial score (nSPS) is 27.4. The van der Waals surface area contributed by atoms with Crippen molar-refractivity contribution in [3.8, 4) is 0 Å². The molecule has 0 saturated carbocycles. The van der Waals surface area contributed by atoms with Gasteiger partial charge in [-0.2, -0.15) is 0 Å². The van der Waals surface area contributed by atoms with E-state index in [1.54, 1.807) is 0 Å². The Morgan fingerprint density at radius 2 is 2.10 bits per heavy atom. The number of thiophene rings is 1. The summed E-state index contributed by atoms with van der Waals surface area (Å²) in [5.41, 5.74) is 1.43. The van der Waals surface area contributed by atoms with Crippen molar-refractivity contribution in [2.45, 2.75) is 33.2 Å². The van der Waals surface area contributed by atoms with Crippen molar-refractivity contribution in [1.82, 2.24) is 9.80 Å². The zero-order valence-electron chi connectivity index (χ0n) is 12.5. The molecule has 0 N–H and O–H groups in total. The molecule has 20 heavy (non-hydrogen) atoms. The van der Waals surface area contributed by atoms with E-state index >= 15 is 0 Å². The summed E-state index contributed by atoms with van der Waals surface area (Å²) < 4.78 is 0. The van der Waals surface area contributed by atoms with E-state index in [1.165, 1.54) is 16.9 Å². The van der Waals surface area contributed by atoms with Crippen LogP contribution < -0.4 is 0 Å². The Morgan fingerprint density at radius 3 is 2.85 bits per heavy atom. The summed E-state index contributed by atoms with van der Waals surface area (Å²) >= 11 is 1.85. The van der Waals surface area contributed by atoms with E-state index in [0.717, 1.165) is 32.6 Å². The second kappa shape index (κ2) is 5.86. The van der Waals surface area contributed by atoms with Gasteiger partial charge in [-0.1, -0.05) is 13.8 Å². The maximum Gasteiger partial charge on any atom is 0.236 e. The smallest absolute Gasteiger partial charge is 0.236 e. The summed E-state index contributed by atoms with van der Waals surface area (Å²) in [6.07, 6.45) is 2.36. The minimum Gasteiger partial charge on any atom is -0.341 e. The van der Waals surface area contributed by atoms with Crippen LogP contribution in [0.2, 0.25) is 0 Å². The van der Waals surface area contributed by atoms with Crippen molar-refractivity contribution < 1.29 is 4.79 Å². The Kier molecular flexibility index (Phi) is 4.13. The number of hydrogen-bond donors (Lipinski definition) is 0. The fourth-order valence-corrected chi connectivity index (χ4v) is 4.49. The molecule has 1 saturated heterocycles. The zero-order chi connectivity index (χ0) is 14.1. The predicted octanol–water partition coefficient (Wildman–Crippen LogP) is 2.61. The Balaban J connectivity index is 1.57. The first kappa shape index (κ1) is 14.1.